The van der Waals surface area contributed by atoms with E-state index in [0.29, 0.717) is 23.7 Å². The van der Waals surface area contributed by atoms with Crippen LogP contribution in [0.5, 0.6) is 0 Å². The lowest BCUT2D eigenvalue weighted by Gasteiger charge is -2.35. The number of nitrogens with zero attached hydrogens (tertiary/aromatic N) is 7. The molecular formula is C20H27N9. The summed E-state index contributed by atoms with van der Waals surface area (Å²) in [6, 6.07) is 6.92. The number of aromatic nitrogens is 5. The molecule has 0 radical (unpaired) electrons. The predicted molar refractivity (Wildman–Crippen MR) is 113 cm³/mol. The number of hydrogen-bond acceptors (Lipinski definition) is 8. The van der Waals surface area contributed by atoms with E-state index in [1.807, 2.05) is 16.6 Å². The minimum atomic E-state index is 0.427. The lowest BCUT2D eigenvalue weighted by molar-refractivity contribution is 0.477. The quantitative estimate of drug-likeness (QED) is 0.675. The van der Waals surface area contributed by atoms with E-state index in [9.17, 15) is 0 Å². The van der Waals surface area contributed by atoms with Gasteiger partial charge in [0.1, 0.15) is 11.6 Å². The van der Waals surface area contributed by atoms with Crippen LogP contribution >= 0.6 is 0 Å². The fourth-order valence-electron chi connectivity index (χ4n) is 4.13. The van der Waals surface area contributed by atoms with Crippen molar-refractivity contribution in [3.05, 3.63) is 30.6 Å². The maximum Gasteiger partial charge on any atom is 0.256 e. The lowest BCUT2D eigenvalue weighted by Crippen LogP contribution is -2.50. The second-order valence-electron chi connectivity index (χ2n) is 7.96. The summed E-state index contributed by atoms with van der Waals surface area (Å²) in [4.78, 5) is 18.6. The van der Waals surface area contributed by atoms with Gasteiger partial charge in [-0.25, -0.2) is 0 Å². The van der Waals surface area contributed by atoms with Crippen molar-refractivity contribution in [3.63, 3.8) is 0 Å². The number of fused-ring (bicyclic) bond motifs is 1. The number of anilines is 2. The topological polar surface area (TPSA) is 86.5 Å². The van der Waals surface area contributed by atoms with Crippen LogP contribution in [0.25, 0.3) is 17.2 Å². The summed E-state index contributed by atoms with van der Waals surface area (Å²) in [6.45, 7) is 10.1. The predicted octanol–water partition coefficient (Wildman–Crippen LogP) is 0.783. The molecule has 2 fully saturated rings. The molecule has 2 atom stereocenters. The maximum atomic E-state index is 4.88. The summed E-state index contributed by atoms with van der Waals surface area (Å²) in [6.07, 6.45) is 3.55. The Labute approximate surface area is 170 Å². The normalized spacial score (nSPS) is 23.0. The minimum absolute atomic E-state index is 0.427. The molecule has 0 amide bonds. The summed E-state index contributed by atoms with van der Waals surface area (Å²) in [7, 11) is 0. The number of piperazine rings is 2. The lowest BCUT2D eigenvalue weighted by atomic mass is 10.2. The van der Waals surface area contributed by atoms with Crippen LogP contribution in [0.4, 0.5) is 11.6 Å². The standard InChI is InChI=1S/C20H27N9/c1-14-12-27(8-6-22-14)17-10-18(28-9-7-23-15(2)13-28)29-20(24-17)25-19(26-29)16-4-3-5-21-11-16/h3-5,10-11,14-15,22-23H,6-9,12-13H2,1-2H3. The molecule has 152 valence electrons. The van der Waals surface area contributed by atoms with Crippen LogP contribution in [-0.4, -0.2) is 75.9 Å². The molecule has 0 saturated carbocycles. The average molecular weight is 393 g/mol. The maximum absolute atomic E-state index is 4.88. The summed E-state index contributed by atoms with van der Waals surface area (Å²) in [5, 5.41) is 11.8. The highest BCUT2D eigenvalue weighted by Crippen LogP contribution is 2.25. The molecule has 0 bridgehead atoms. The third kappa shape index (κ3) is 3.63. The van der Waals surface area contributed by atoms with Crippen molar-refractivity contribution in [2.75, 3.05) is 49.1 Å². The van der Waals surface area contributed by atoms with Gasteiger partial charge < -0.3 is 20.4 Å². The second kappa shape index (κ2) is 7.57. The van der Waals surface area contributed by atoms with E-state index >= 15 is 0 Å². The minimum Gasteiger partial charge on any atom is -0.354 e. The molecule has 2 saturated heterocycles. The van der Waals surface area contributed by atoms with E-state index in [4.69, 9.17) is 15.1 Å². The van der Waals surface area contributed by atoms with Gasteiger partial charge in [-0.15, -0.1) is 5.10 Å². The number of hydrogen-bond donors (Lipinski definition) is 2. The van der Waals surface area contributed by atoms with Gasteiger partial charge in [-0.05, 0) is 26.0 Å². The van der Waals surface area contributed by atoms with E-state index in [1.165, 1.54) is 0 Å². The molecule has 2 aliphatic heterocycles. The van der Waals surface area contributed by atoms with Crippen LogP contribution in [-0.2, 0) is 0 Å². The zero-order valence-electron chi connectivity index (χ0n) is 16.9. The van der Waals surface area contributed by atoms with Crippen LogP contribution < -0.4 is 20.4 Å². The molecule has 2 N–H and O–H groups in total. The molecule has 2 unspecified atom stereocenters. The summed E-state index contributed by atoms with van der Waals surface area (Å²) in [5.41, 5.74) is 0.898. The molecule has 5 rings (SSSR count). The van der Waals surface area contributed by atoms with Crippen LogP contribution in [0.2, 0.25) is 0 Å². The SMILES string of the molecule is CC1CN(c2cc(N3CCNC(C)C3)n3nc(-c4cccnc4)nc3n2)CCN1. The van der Waals surface area contributed by atoms with Gasteiger partial charge in [0.05, 0.1) is 0 Å². The van der Waals surface area contributed by atoms with E-state index in [1.54, 1.807) is 12.4 Å². The van der Waals surface area contributed by atoms with Gasteiger partial charge in [-0.2, -0.15) is 14.5 Å². The second-order valence-corrected chi connectivity index (χ2v) is 7.96. The van der Waals surface area contributed by atoms with Gasteiger partial charge in [-0.1, -0.05) is 0 Å². The third-order valence-electron chi connectivity index (χ3n) is 5.59. The van der Waals surface area contributed by atoms with Crippen LogP contribution in [0.15, 0.2) is 30.6 Å². The van der Waals surface area contributed by atoms with Gasteiger partial charge in [-0.3, -0.25) is 4.98 Å². The van der Waals surface area contributed by atoms with Gasteiger partial charge in [0.15, 0.2) is 5.82 Å². The molecule has 0 aromatic carbocycles. The Bertz CT molecular complexity index is 986. The van der Waals surface area contributed by atoms with E-state index in [2.05, 4.69) is 45.3 Å². The van der Waals surface area contributed by atoms with Crippen molar-refractivity contribution >= 4 is 17.4 Å². The fourth-order valence-corrected chi connectivity index (χ4v) is 4.13. The number of rotatable bonds is 3. The highest BCUT2D eigenvalue weighted by Gasteiger charge is 2.24. The van der Waals surface area contributed by atoms with E-state index in [0.717, 1.165) is 56.5 Å². The summed E-state index contributed by atoms with van der Waals surface area (Å²) < 4.78 is 1.88. The molecule has 9 heteroatoms. The molecule has 9 nitrogen and oxygen atoms in total. The van der Waals surface area contributed by atoms with E-state index in [-0.39, 0.29) is 0 Å². The first-order valence-corrected chi connectivity index (χ1v) is 10.3. The molecule has 29 heavy (non-hydrogen) atoms. The number of nitrogens with one attached hydrogen (secondary N) is 2. The van der Waals surface area contributed by atoms with Crippen molar-refractivity contribution in [2.45, 2.75) is 25.9 Å². The van der Waals surface area contributed by atoms with Crippen LogP contribution in [0.1, 0.15) is 13.8 Å². The zero-order valence-corrected chi connectivity index (χ0v) is 16.9. The molecular weight excluding hydrogens is 366 g/mol. The molecule has 3 aromatic rings. The Kier molecular flexibility index (Phi) is 4.76. The van der Waals surface area contributed by atoms with Crippen molar-refractivity contribution in [3.8, 4) is 11.4 Å². The first-order valence-electron chi connectivity index (χ1n) is 10.3. The smallest absolute Gasteiger partial charge is 0.256 e. The Morgan fingerprint density at radius 1 is 1.00 bits per heavy atom. The van der Waals surface area contributed by atoms with Crippen molar-refractivity contribution < 1.29 is 0 Å². The molecule has 0 aliphatic carbocycles. The van der Waals surface area contributed by atoms with Crippen LogP contribution in [0.3, 0.4) is 0 Å². The third-order valence-corrected chi connectivity index (χ3v) is 5.59. The van der Waals surface area contributed by atoms with Crippen molar-refractivity contribution in [1.29, 1.82) is 0 Å². The highest BCUT2D eigenvalue weighted by molar-refractivity contribution is 5.62. The molecule has 3 aromatic heterocycles. The molecule has 0 spiro atoms. The first-order chi connectivity index (χ1) is 14.2. The fraction of sp³-hybridized carbons (Fsp3) is 0.500. The number of pyridine rings is 1. The Morgan fingerprint density at radius 2 is 1.76 bits per heavy atom. The van der Waals surface area contributed by atoms with Gasteiger partial charge in [0, 0.05) is 75.4 Å². The first kappa shape index (κ1) is 18.3. The van der Waals surface area contributed by atoms with Crippen molar-refractivity contribution in [1.82, 2.24) is 35.2 Å². The summed E-state index contributed by atoms with van der Waals surface area (Å²) in [5.74, 6) is 3.30. The monoisotopic (exact) mass is 393 g/mol. The molecule has 5 heterocycles. The van der Waals surface area contributed by atoms with Gasteiger partial charge >= 0.3 is 0 Å². The van der Waals surface area contributed by atoms with Crippen molar-refractivity contribution in [2.24, 2.45) is 0 Å². The van der Waals surface area contributed by atoms with E-state index < -0.39 is 0 Å². The van der Waals surface area contributed by atoms with Crippen LogP contribution in [0, 0.1) is 0 Å². The zero-order chi connectivity index (χ0) is 19.8. The largest absolute Gasteiger partial charge is 0.354 e. The Balaban J connectivity index is 1.61. The van der Waals surface area contributed by atoms with Gasteiger partial charge in [0.2, 0.25) is 0 Å². The highest BCUT2D eigenvalue weighted by atomic mass is 15.4. The summed E-state index contributed by atoms with van der Waals surface area (Å²) >= 11 is 0. The van der Waals surface area contributed by atoms with Gasteiger partial charge in [0.25, 0.3) is 5.78 Å². The average Bonchev–Trinajstić information content (AvgIpc) is 3.18. The Morgan fingerprint density at radius 3 is 2.48 bits per heavy atom. The Hall–Kier alpha value is -2.78. The molecule has 2 aliphatic rings.